The van der Waals surface area contributed by atoms with Crippen LogP contribution in [0.3, 0.4) is 0 Å². The molecule has 0 saturated heterocycles. The Morgan fingerprint density at radius 3 is 2.57 bits per heavy atom. The zero-order valence-corrected chi connectivity index (χ0v) is 15.3. The van der Waals surface area contributed by atoms with Crippen LogP contribution in [0.2, 0.25) is 5.15 Å². The first-order chi connectivity index (χ1) is 10.9. The molecule has 0 bridgehead atoms. The number of carbonyl (C=O) groups excluding carboxylic acids is 1. The van der Waals surface area contributed by atoms with Gasteiger partial charge in [0.05, 0.1) is 5.69 Å². The number of aromatic nitrogens is 2. The number of aryl methyl sites for hydroxylation is 2. The quantitative estimate of drug-likeness (QED) is 0.609. The SMILES string of the molecule is CSc1ccc(CN(C)C(=O)/C=C/c2c(C)nn(C)c2Cl)cc1. The van der Waals surface area contributed by atoms with E-state index >= 15 is 0 Å². The van der Waals surface area contributed by atoms with E-state index in [0.717, 1.165) is 16.8 Å². The zero-order chi connectivity index (χ0) is 17.0. The summed E-state index contributed by atoms with van der Waals surface area (Å²) in [6, 6.07) is 8.21. The fourth-order valence-corrected chi connectivity index (χ4v) is 2.85. The maximum absolute atomic E-state index is 12.2. The predicted molar refractivity (Wildman–Crippen MR) is 96.7 cm³/mol. The largest absolute Gasteiger partial charge is 0.338 e. The van der Waals surface area contributed by atoms with E-state index in [0.29, 0.717) is 11.7 Å². The second kappa shape index (κ2) is 7.70. The lowest BCUT2D eigenvalue weighted by Crippen LogP contribution is -2.24. The van der Waals surface area contributed by atoms with Gasteiger partial charge < -0.3 is 4.90 Å². The lowest BCUT2D eigenvalue weighted by atomic mass is 10.2. The second-order valence-electron chi connectivity index (χ2n) is 5.29. The molecule has 0 aliphatic heterocycles. The van der Waals surface area contributed by atoms with Gasteiger partial charge in [0.1, 0.15) is 5.15 Å². The normalized spacial score (nSPS) is 11.2. The number of thioether (sulfide) groups is 1. The first-order valence-corrected chi connectivity index (χ1v) is 8.78. The molecule has 2 rings (SSSR count). The van der Waals surface area contributed by atoms with Crippen molar-refractivity contribution in [2.24, 2.45) is 7.05 Å². The molecule has 1 amide bonds. The number of carbonyl (C=O) groups is 1. The summed E-state index contributed by atoms with van der Waals surface area (Å²) in [5, 5.41) is 4.75. The van der Waals surface area contributed by atoms with E-state index < -0.39 is 0 Å². The maximum atomic E-state index is 12.2. The summed E-state index contributed by atoms with van der Waals surface area (Å²) in [6.45, 7) is 2.44. The third-order valence-electron chi connectivity index (χ3n) is 3.54. The van der Waals surface area contributed by atoms with E-state index in [1.807, 2.05) is 25.3 Å². The third kappa shape index (κ3) is 4.39. The fourth-order valence-electron chi connectivity index (χ4n) is 2.20. The van der Waals surface area contributed by atoms with Gasteiger partial charge in [-0.15, -0.1) is 11.8 Å². The minimum absolute atomic E-state index is 0.0711. The average molecular weight is 350 g/mol. The molecule has 0 unspecified atom stereocenters. The van der Waals surface area contributed by atoms with Crippen LogP contribution < -0.4 is 0 Å². The third-order valence-corrected chi connectivity index (χ3v) is 4.74. The lowest BCUT2D eigenvalue weighted by Gasteiger charge is -2.15. The van der Waals surface area contributed by atoms with Crippen LogP contribution in [0, 0.1) is 6.92 Å². The van der Waals surface area contributed by atoms with Crippen molar-refractivity contribution in [2.75, 3.05) is 13.3 Å². The zero-order valence-electron chi connectivity index (χ0n) is 13.7. The van der Waals surface area contributed by atoms with Crippen molar-refractivity contribution in [3.63, 3.8) is 0 Å². The van der Waals surface area contributed by atoms with Gasteiger partial charge in [0.15, 0.2) is 0 Å². The number of hydrogen-bond acceptors (Lipinski definition) is 3. The van der Waals surface area contributed by atoms with Gasteiger partial charge in [-0.2, -0.15) is 5.10 Å². The molecule has 0 spiro atoms. The molecule has 0 atom stereocenters. The van der Waals surface area contributed by atoms with Gasteiger partial charge in [0, 0.05) is 37.2 Å². The molecule has 4 nitrogen and oxygen atoms in total. The van der Waals surface area contributed by atoms with Crippen molar-refractivity contribution >= 4 is 35.3 Å². The Bertz CT molecular complexity index is 722. The van der Waals surface area contributed by atoms with Crippen LogP contribution in [0.15, 0.2) is 35.2 Å². The van der Waals surface area contributed by atoms with Crippen LogP contribution in [0.1, 0.15) is 16.8 Å². The highest BCUT2D eigenvalue weighted by molar-refractivity contribution is 7.98. The summed E-state index contributed by atoms with van der Waals surface area (Å²) in [4.78, 5) is 15.1. The first kappa shape index (κ1) is 17.6. The van der Waals surface area contributed by atoms with E-state index in [1.165, 1.54) is 11.0 Å². The molecule has 1 heterocycles. The van der Waals surface area contributed by atoms with Gasteiger partial charge in [0.2, 0.25) is 5.91 Å². The number of likely N-dealkylation sites (N-methyl/N-ethyl adjacent to an activating group) is 1. The summed E-state index contributed by atoms with van der Waals surface area (Å²) in [6.07, 6.45) is 5.30. The molecule has 0 saturated carbocycles. The highest BCUT2D eigenvalue weighted by atomic mass is 35.5. The molecule has 122 valence electrons. The van der Waals surface area contributed by atoms with Gasteiger partial charge in [-0.3, -0.25) is 9.48 Å². The van der Waals surface area contributed by atoms with Crippen molar-refractivity contribution in [2.45, 2.75) is 18.4 Å². The number of benzene rings is 1. The molecule has 1 aromatic carbocycles. The number of rotatable bonds is 5. The Balaban J connectivity index is 2.03. The summed E-state index contributed by atoms with van der Waals surface area (Å²) in [7, 11) is 3.56. The summed E-state index contributed by atoms with van der Waals surface area (Å²) in [5.74, 6) is -0.0711. The molecule has 6 heteroatoms. The Morgan fingerprint density at radius 1 is 1.39 bits per heavy atom. The molecule has 0 fully saturated rings. The Kier molecular flexibility index (Phi) is 5.91. The maximum Gasteiger partial charge on any atom is 0.246 e. The van der Waals surface area contributed by atoms with E-state index in [4.69, 9.17) is 11.6 Å². The lowest BCUT2D eigenvalue weighted by molar-refractivity contribution is -0.125. The number of nitrogens with zero attached hydrogens (tertiary/aromatic N) is 3. The van der Waals surface area contributed by atoms with Crippen LogP contribution in [0.5, 0.6) is 0 Å². The second-order valence-corrected chi connectivity index (χ2v) is 6.53. The molecule has 0 radical (unpaired) electrons. The summed E-state index contributed by atoms with van der Waals surface area (Å²) >= 11 is 7.86. The van der Waals surface area contributed by atoms with Gasteiger partial charge >= 0.3 is 0 Å². The molecular weight excluding hydrogens is 330 g/mol. The molecule has 2 aromatic rings. The highest BCUT2D eigenvalue weighted by Gasteiger charge is 2.10. The number of halogens is 1. The molecule has 0 aliphatic carbocycles. The van der Waals surface area contributed by atoms with Crippen LogP contribution in [0.25, 0.3) is 6.08 Å². The Morgan fingerprint density at radius 2 is 2.04 bits per heavy atom. The summed E-state index contributed by atoms with van der Waals surface area (Å²) < 4.78 is 1.60. The minimum Gasteiger partial charge on any atom is -0.338 e. The van der Waals surface area contributed by atoms with Crippen molar-refractivity contribution in [3.05, 3.63) is 52.3 Å². The first-order valence-electron chi connectivity index (χ1n) is 7.17. The van der Waals surface area contributed by atoms with E-state index in [1.54, 1.807) is 41.5 Å². The van der Waals surface area contributed by atoms with Crippen molar-refractivity contribution in [1.82, 2.24) is 14.7 Å². The number of hydrogen-bond donors (Lipinski definition) is 0. The van der Waals surface area contributed by atoms with Crippen LogP contribution in [0.4, 0.5) is 0 Å². The van der Waals surface area contributed by atoms with Gasteiger partial charge in [0.25, 0.3) is 0 Å². The predicted octanol–water partition coefficient (Wildman–Crippen LogP) is 3.78. The van der Waals surface area contributed by atoms with Gasteiger partial charge in [-0.25, -0.2) is 0 Å². The fraction of sp³-hybridized carbons (Fsp3) is 0.294. The average Bonchev–Trinajstić information content (AvgIpc) is 2.78. The standard InChI is InChI=1S/C17H20ClN3OS/c1-12-15(17(18)21(3)19-12)9-10-16(22)20(2)11-13-5-7-14(23-4)8-6-13/h5-10H,11H2,1-4H3/b10-9+. The molecule has 0 N–H and O–H groups in total. The van der Waals surface area contributed by atoms with Crippen LogP contribution in [-0.4, -0.2) is 33.9 Å². The summed E-state index contributed by atoms with van der Waals surface area (Å²) in [5.41, 5.74) is 2.68. The Labute approximate surface area is 146 Å². The van der Waals surface area contributed by atoms with Gasteiger partial charge in [-0.05, 0) is 37.0 Å². The number of amides is 1. The van der Waals surface area contributed by atoms with E-state index in [-0.39, 0.29) is 5.91 Å². The Hall–Kier alpha value is -1.72. The minimum atomic E-state index is -0.0711. The highest BCUT2D eigenvalue weighted by Crippen LogP contribution is 2.20. The van der Waals surface area contributed by atoms with Crippen molar-refractivity contribution in [3.8, 4) is 0 Å². The van der Waals surface area contributed by atoms with Gasteiger partial charge in [-0.1, -0.05) is 23.7 Å². The van der Waals surface area contributed by atoms with Crippen molar-refractivity contribution in [1.29, 1.82) is 0 Å². The molecular formula is C17H20ClN3OS. The molecule has 0 aliphatic rings. The topological polar surface area (TPSA) is 38.1 Å². The van der Waals surface area contributed by atoms with Crippen molar-refractivity contribution < 1.29 is 4.79 Å². The van der Waals surface area contributed by atoms with E-state index in [2.05, 4.69) is 17.2 Å². The molecule has 1 aromatic heterocycles. The smallest absolute Gasteiger partial charge is 0.246 e. The van der Waals surface area contributed by atoms with Crippen LogP contribution >= 0.6 is 23.4 Å². The monoisotopic (exact) mass is 349 g/mol. The van der Waals surface area contributed by atoms with Crippen LogP contribution in [-0.2, 0) is 18.4 Å². The molecule has 23 heavy (non-hydrogen) atoms. The van der Waals surface area contributed by atoms with E-state index in [9.17, 15) is 4.79 Å².